The van der Waals surface area contributed by atoms with E-state index >= 15 is 0 Å². The minimum absolute atomic E-state index is 0.209. The van der Waals surface area contributed by atoms with E-state index in [-0.39, 0.29) is 5.97 Å². The van der Waals surface area contributed by atoms with E-state index in [2.05, 4.69) is 28.0 Å². The predicted octanol–water partition coefficient (Wildman–Crippen LogP) is 1.92. The average Bonchev–Trinajstić information content (AvgIpc) is 2.55. The smallest absolute Gasteiger partial charge is 0.302 e. The van der Waals surface area contributed by atoms with E-state index in [0.717, 1.165) is 44.1 Å². The van der Waals surface area contributed by atoms with Gasteiger partial charge < -0.3 is 9.64 Å². The summed E-state index contributed by atoms with van der Waals surface area (Å²) in [7, 11) is 0. The Morgan fingerprint density at radius 3 is 2.68 bits per heavy atom. The van der Waals surface area contributed by atoms with Crippen molar-refractivity contribution in [3.63, 3.8) is 0 Å². The fraction of sp³-hybridized carbons (Fsp3) is 0.412. The first-order chi connectivity index (χ1) is 10.7. The van der Waals surface area contributed by atoms with E-state index < -0.39 is 0 Å². The van der Waals surface area contributed by atoms with Gasteiger partial charge in [-0.05, 0) is 18.2 Å². The van der Waals surface area contributed by atoms with Crippen LogP contribution in [0.15, 0.2) is 36.4 Å². The van der Waals surface area contributed by atoms with Crippen LogP contribution in [0, 0.1) is 0 Å². The van der Waals surface area contributed by atoms with Crippen molar-refractivity contribution in [1.82, 2.24) is 9.88 Å². The lowest BCUT2D eigenvalue weighted by atomic mass is 10.2. The van der Waals surface area contributed by atoms with Crippen LogP contribution in [-0.4, -0.2) is 55.2 Å². The fourth-order valence-electron chi connectivity index (χ4n) is 2.75. The second-order valence-electron chi connectivity index (χ2n) is 5.53. The minimum Gasteiger partial charge on any atom is -0.465 e. The zero-order valence-corrected chi connectivity index (χ0v) is 12.9. The number of nitrogens with zero attached hydrogens (tertiary/aromatic N) is 3. The lowest BCUT2D eigenvalue weighted by Gasteiger charge is -2.35. The van der Waals surface area contributed by atoms with Gasteiger partial charge in [-0.2, -0.15) is 0 Å². The molecule has 1 aromatic heterocycles. The number of ether oxygens (including phenoxy) is 1. The van der Waals surface area contributed by atoms with Gasteiger partial charge in [0.2, 0.25) is 0 Å². The maximum absolute atomic E-state index is 10.8. The molecule has 0 atom stereocenters. The number of esters is 1. The first kappa shape index (κ1) is 14.8. The van der Waals surface area contributed by atoms with Gasteiger partial charge in [-0.15, -0.1) is 0 Å². The Labute approximate surface area is 130 Å². The number of piperazine rings is 1. The Balaban J connectivity index is 1.57. The molecule has 0 bridgehead atoms. The molecule has 22 heavy (non-hydrogen) atoms. The molecule has 1 aliphatic rings. The van der Waals surface area contributed by atoms with Crippen LogP contribution in [0.3, 0.4) is 0 Å². The highest BCUT2D eigenvalue weighted by Crippen LogP contribution is 2.19. The van der Waals surface area contributed by atoms with Gasteiger partial charge in [0.1, 0.15) is 12.4 Å². The third kappa shape index (κ3) is 3.54. The van der Waals surface area contributed by atoms with Crippen LogP contribution in [0.1, 0.15) is 6.92 Å². The molecule has 0 aliphatic carbocycles. The summed E-state index contributed by atoms with van der Waals surface area (Å²) >= 11 is 0. The van der Waals surface area contributed by atoms with Crippen molar-refractivity contribution in [3.8, 4) is 0 Å². The molecule has 0 spiro atoms. The van der Waals surface area contributed by atoms with Crippen LogP contribution in [0.2, 0.25) is 0 Å². The van der Waals surface area contributed by atoms with Crippen molar-refractivity contribution in [2.75, 3.05) is 44.2 Å². The highest BCUT2D eigenvalue weighted by atomic mass is 16.5. The topological polar surface area (TPSA) is 45.7 Å². The molecule has 0 radical (unpaired) electrons. The zero-order valence-electron chi connectivity index (χ0n) is 12.9. The molecule has 3 rings (SSSR count). The molecular weight excluding hydrogens is 278 g/mol. The normalized spacial score (nSPS) is 16.0. The summed E-state index contributed by atoms with van der Waals surface area (Å²) in [6, 6.07) is 12.4. The van der Waals surface area contributed by atoms with Gasteiger partial charge in [-0.1, -0.05) is 18.2 Å². The maximum atomic E-state index is 10.8. The number of para-hydroxylation sites is 1. The summed E-state index contributed by atoms with van der Waals surface area (Å²) in [5.41, 5.74) is 1.04. The van der Waals surface area contributed by atoms with Crippen molar-refractivity contribution >= 4 is 22.7 Å². The van der Waals surface area contributed by atoms with Crippen LogP contribution in [0.5, 0.6) is 0 Å². The van der Waals surface area contributed by atoms with Crippen LogP contribution < -0.4 is 4.90 Å². The number of hydrogen-bond acceptors (Lipinski definition) is 5. The number of hydrogen-bond donors (Lipinski definition) is 0. The van der Waals surface area contributed by atoms with E-state index in [0.29, 0.717) is 6.61 Å². The molecule has 0 N–H and O–H groups in total. The average molecular weight is 299 g/mol. The van der Waals surface area contributed by atoms with Gasteiger partial charge in [-0.25, -0.2) is 4.98 Å². The Hall–Kier alpha value is -2.14. The molecule has 0 amide bonds. The Bertz CT molecular complexity index is 651. The standard InChI is InChI=1S/C17H21N3O2/c1-14(21)22-13-12-19-8-10-20(11-9-19)17-7-6-15-4-2-3-5-16(15)18-17/h2-7H,8-13H2,1H3. The number of anilines is 1. The van der Waals surface area contributed by atoms with E-state index in [1.165, 1.54) is 12.3 Å². The number of benzene rings is 1. The molecule has 2 aromatic rings. The number of carbonyl (C=O) groups is 1. The number of rotatable bonds is 4. The van der Waals surface area contributed by atoms with E-state index in [9.17, 15) is 4.79 Å². The Kier molecular flexibility index (Phi) is 4.53. The van der Waals surface area contributed by atoms with Gasteiger partial charge in [0.25, 0.3) is 0 Å². The third-order valence-electron chi connectivity index (χ3n) is 3.99. The Morgan fingerprint density at radius 1 is 1.14 bits per heavy atom. The molecule has 0 unspecified atom stereocenters. The molecule has 5 nitrogen and oxygen atoms in total. The second-order valence-corrected chi connectivity index (χ2v) is 5.53. The number of pyridine rings is 1. The monoisotopic (exact) mass is 299 g/mol. The van der Waals surface area contributed by atoms with E-state index in [1.807, 2.05) is 18.2 Å². The molecule has 1 aromatic carbocycles. The van der Waals surface area contributed by atoms with Crippen molar-refractivity contribution < 1.29 is 9.53 Å². The lowest BCUT2D eigenvalue weighted by Crippen LogP contribution is -2.47. The fourth-order valence-corrected chi connectivity index (χ4v) is 2.75. The quantitative estimate of drug-likeness (QED) is 0.807. The highest BCUT2D eigenvalue weighted by Gasteiger charge is 2.18. The van der Waals surface area contributed by atoms with Crippen molar-refractivity contribution in [1.29, 1.82) is 0 Å². The summed E-state index contributed by atoms with van der Waals surface area (Å²) in [5, 5.41) is 1.17. The lowest BCUT2D eigenvalue weighted by molar-refractivity contribution is -0.141. The number of carbonyl (C=O) groups excluding carboxylic acids is 1. The molecule has 1 aliphatic heterocycles. The van der Waals surface area contributed by atoms with Crippen LogP contribution in [0.25, 0.3) is 10.9 Å². The summed E-state index contributed by atoms with van der Waals surface area (Å²) < 4.78 is 5.00. The largest absolute Gasteiger partial charge is 0.465 e. The van der Waals surface area contributed by atoms with E-state index in [1.54, 1.807) is 0 Å². The molecular formula is C17H21N3O2. The minimum atomic E-state index is -0.209. The van der Waals surface area contributed by atoms with Crippen molar-refractivity contribution in [2.24, 2.45) is 0 Å². The first-order valence-corrected chi connectivity index (χ1v) is 7.69. The highest BCUT2D eigenvalue weighted by molar-refractivity contribution is 5.80. The number of aromatic nitrogens is 1. The third-order valence-corrected chi connectivity index (χ3v) is 3.99. The van der Waals surface area contributed by atoms with Gasteiger partial charge in [0.15, 0.2) is 0 Å². The van der Waals surface area contributed by atoms with E-state index in [4.69, 9.17) is 9.72 Å². The summed E-state index contributed by atoms with van der Waals surface area (Å²) in [6.07, 6.45) is 0. The molecule has 0 saturated carbocycles. The maximum Gasteiger partial charge on any atom is 0.302 e. The van der Waals surface area contributed by atoms with Crippen LogP contribution in [0.4, 0.5) is 5.82 Å². The van der Waals surface area contributed by atoms with Crippen molar-refractivity contribution in [2.45, 2.75) is 6.92 Å². The van der Waals surface area contributed by atoms with Crippen LogP contribution in [-0.2, 0) is 9.53 Å². The van der Waals surface area contributed by atoms with Gasteiger partial charge in [0.05, 0.1) is 5.52 Å². The number of fused-ring (bicyclic) bond motifs is 1. The van der Waals surface area contributed by atoms with Crippen LogP contribution >= 0.6 is 0 Å². The summed E-state index contributed by atoms with van der Waals surface area (Å²) in [4.78, 5) is 20.2. The second kappa shape index (κ2) is 6.75. The molecule has 116 valence electrons. The summed E-state index contributed by atoms with van der Waals surface area (Å²) in [5.74, 6) is 0.831. The molecule has 2 heterocycles. The molecule has 1 fully saturated rings. The van der Waals surface area contributed by atoms with Crippen molar-refractivity contribution in [3.05, 3.63) is 36.4 Å². The van der Waals surface area contributed by atoms with Gasteiger partial charge >= 0.3 is 5.97 Å². The molecule has 5 heteroatoms. The van der Waals surface area contributed by atoms with Gasteiger partial charge in [0, 0.05) is 45.0 Å². The Morgan fingerprint density at radius 2 is 1.91 bits per heavy atom. The van der Waals surface area contributed by atoms with Gasteiger partial charge in [-0.3, -0.25) is 9.69 Å². The first-order valence-electron chi connectivity index (χ1n) is 7.69. The summed E-state index contributed by atoms with van der Waals surface area (Å²) in [6.45, 7) is 6.56. The SMILES string of the molecule is CC(=O)OCCN1CCN(c2ccc3ccccc3n2)CC1. The zero-order chi connectivity index (χ0) is 15.4. The predicted molar refractivity (Wildman–Crippen MR) is 87.0 cm³/mol. The molecule has 1 saturated heterocycles.